The van der Waals surface area contributed by atoms with Crippen LogP contribution >= 0.6 is 0 Å². The number of rotatable bonds is 8. The van der Waals surface area contributed by atoms with E-state index in [1.807, 2.05) is 54.6 Å². The van der Waals surface area contributed by atoms with E-state index in [2.05, 4.69) is 5.32 Å². The van der Waals surface area contributed by atoms with E-state index < -0.39 is 10.0 Å². The van der Waals surface area contributed by atoms with Gasteiger partial charge in [-0.15, -0.1) is 0 Å². The molecule has 0 bridgehead atoms. The van der Waals surface area contributed by atoms with Gasteiger partial charge in [0, 0.05) is 24.2 Å². The van der Waals surface area contributed by atoms with Crippen molar-refractivity contribution in [2.75, 3.05) is 26.2 Å². The van der Waals surface area contributed by atoms with Crippen LogP contribution in [0.2, 0.25) is 0 Å². The fourth-order valence-corrected chi connectivity index (χ4v) is 5.32. The number of sulfonamides is 1. The largest absolute Gasteiger partial charge is 0.491 e. The van der Waals surface area contributed by atoms with Crippen LogP contribution in [0.4, 0.5) is 0 Å². The van der Waals surface area contributed by atoms with Crippen molar-refractivity contribution in [1.29, 1.82) is 0 Å². The highest BCUT2D eigenvalue weighted by Gasteiger charge is 2.27. The minimum atomic E-state index is -3.56. The topological polar surface area (TPSA) is 75.7 Å². The molecule has 3 aromatic rings. The summed E-state index contributed by atoms with van der Waals surface area (Å²) in [6.45, 7) is 1.65. The summed E-state index contributed by atoms with van der Waals surface area (Å²) in [5.74, 6) is 0.412. The predicted octanol–water partition coefficient (Wildman–Crippen LogP) is 3.95. The molecule has 4 rings (SSSR count). The Morgan fingerprint density at radius 1 is 0.906 bits per heavy atom. The Morgan fingerprint density at radius 3 is 2.41 bits per heavy atom. The summed E-state index contributed by atoms with van der Waals surface area (Å²) in [6, 6.07) is 23.9. The van der Waals surface area contributed by atoms with Crippen molar-refractivity contribution in [2.24, 2.45) is 0 Å². The molecule has 32 heavy (non-hydrogen) atoms. The standard InChI is InChI=1S/C25H26N2O4S/c28-25(21-11-8-12-22(19-21)32(29,30)27-16-6-7-17-27)26-15-18-31-24-14-5-4-13-23(24)20-9-2-1-3-10-20/h1-5,8-14,19H,6-7,15-18H2,(H,26,28). The number of para-hydroxylation sites is 1. The van der Waals surface area contributed by atoms with E-state index in [4.69, 9.17) is 4.74 Å². The maximum atomic E-state index is 12.7. The number of nitrogens with one attached hydrogen (secondary N) is 1. The molecule has 0 radical (unpaired) electrons. The summed E-state index contributed by atoms with van der Waals surface area (Å²) >= 11 is 0. The molecule has 0 unspecified atom stereocenters. The second-order valence-corrected chi connectivity index (χ2v) is 9.54. The zero-order chi connectivity index (χ0) is 22.4. The molecule has 1 amide bonds. The number of nitrogens with zero attached hydrogens (tertiary/aromatic N) is 1. The summed E-state index contributed by atoms with van der Waals surface area (Å²) in [5.41, 5.74) is 2.36. The van der Waals surface area contributed by atoms with Crippen LogP contribution in [0, 0.1) is 0 Å². The molecule has 0 aromatic heterocycles. The van der Waals surface area contributed by atoms with Gasteiger partial charge in [-0.25, -0.2) is 8.42 Å². The van der Waals surface area contributed by atoms with Crippen molar-refractivity contribution in [3.63, 3.8) is 0 Å². The maximum Gasteiger partial charge on any atom is 0.251 e. The summed E-state index contributed by atoms with van der Waals surface area (Å²) in [4.78, 5) is 12.7. The highest BCUT2D eigenvalue weighted by atomic mass is 32.2. The highest BCUT2D eigenvalue weighted by Crippen LogP contribution is 2.29. The van der Waals surface area contributed by atoms with Crippen molar-refractivity contribution in [1.82, 2.24) is 9.62 Å². The first kappa shape index (κ1) is 22.0. The van der Waals surface area contributed by atoms with E-state index in [1.165, 1.54) is 16.4 Å². The van der Waals surface area contributed by atoms with Gasteiger partial charge in [0.15, 0.2) is 0 Å². The molecule has 0 atom stereocenters. The lowest BCUT2D eigenvalue weighted by Gasteiger charge is -2.16. The van der Waals surface area contributed by atoms with Crippen LogP contribution in [0.25, 0.3) is 11.1 Å². The van der Waals surface area contributed by atoms with E-state index in [0.29, 0.717) is 31.8 Å². The second-order valence-electron chi connectivity index (χ2n) is 7.61. The zero-order valence-electron chi connectivity index (χ0n) is 17.7. The first-order valence-electron chi connectivity index (χ1n) is 10.7. The van der Waals surface area contributed by atoms with Crippen LogP contribution in [-0.4, -0.2) is 44.9 Å². The fourth-order valence-electron chi connectivity index (χ4n) is 3.75. The molecule has 166 valence electrons. The Labute approximate surface area is 188 Å². The Hall–Kier alpha value is -3.16. The lowest BCUT2D eigenvalue weighted by molar-refractivity contribution is 0.0947. The number of hydrogen-bond acceptors (Lipinski definition) is 4. The Balaban J connectivity index is 1.36. The maximum absolute atomic E-state index is 12.7. The number of benzene rings is 3. The predicted molar refractivity (Wildman–Crippen MR) is 124 cm³/mol. The summed E-state index contributed by atoms with van der Waals surface area (Å²) < 4.78 is 32.9. The molecule has 0 aliphatic carbocycles. The third-order valence-electron chi connectivity index (χ3n) is 5.42. The van der Waals surface area contributed by atoms with Gasteiger partial charge in [0.05, 0.1) is 11.4 Å². The highest BCUT2D eigenvalue weighted by molar-refractivity contribution is 7.89. The summed E-state index contributed by atoms with van der Waals surface area (Å²) in [6.07, 6.45) is 1.74. The number of hydrogen-bond donors (Lipinski definition) is 1. The lowest BCUT2D eigenvalue weighted by Crippen LogP contribution is -2.30. The van der Waals surface area contributed by atoms with Crippen molar-refractivity contribution in [2.45, 2.75) is 17.7 Å². The molecular formula is C25H26N2O4S. The van der Waals surface area contributed by atoms with Gasteiger partial charge >= 0.3 is 0 Å². The van der Waals surface area contributed by atoms with Crippen molar-refractivity contribution in [3.05, 3.63) is 84.4 Å². The molecule has 0 saturated carbocycles. The first-order chi connectivity index (χ1) is 15.6. The van der Waals surface area contributed by atoms with Crippen LogP contribution in [0.5, 0.6) is 5.75 Å². The van der Waals surface area contributed by atoms with Crippen LogP contribution in [0.15, 0.2) is 83.8 Å². The van der Waals surface area contributed by atoms with Crippen LogP contribution < -0.4 is 10.1 Å². The van der Waals surface area contributed by atoms with Crippen LogP contribution in [0.3, 0.4) is 0 Å². The molecule has 1 saturated heterocycles. The molecule has 7 heteroatoms. The van der Waals surface area contributed by atoms with Gasteiger partial charge in [0.1, 0.15) is 12.4 Å². The van der Waals surface area contributed by atoms with Crippen molar-refractivity contribution < 1.29 is 17.9 Å². The third kappa shape index (κ3) is 5.00. The Bertz CT molecular complexity index is 1170. The van der Waals surface area contributed by atoms with Gasteiger partial charge in [-0.1, -0.05) is 54.6 Å². The van der Waals surface area contributed by atoms with Crippen molar-refractivity contribution >= 4 is 15.9 Å². The van der Waals surface area contributed by atoms with Crippen LogP contribution in [0.1, 0.15) is 23.2 Å². The van der Waals surface area contributed by atoms with Crippen LogP contribution in [-0.2, 0) is 10.0 Å². The number of amides is 1. The van der Waals surface area contributed by atoms with Gasteiger partial charge in [-0.05, 0) is 42.7 Å². The number of ether oxygens (including phenoxy) is 1. The zero-order valence-corrected chi connectivity index (χ0v) is 18.6. The molecular weight excluding hydrogens is 424 g/mol. The van der Waals surface area contributed by atoms with Gasteiger partial charge in [-0.3, -0.25) is 4.79 Å². The fraction of sp³-hybridized carbons (Fsp3) is 0.240. The molecule has 1 fully saturated rings. The smallest absolute Gasteiger partial charge is 0.251 e. The average molecular weight is 451 g/mol. The monoisotopic (exact) mass is 450 g/mol. The molecule has 1 N–H and O–H groups in total. The van der Waals surface area contributed by atoms with Gasteiger partial charge in [0.25, 0.3) is 5.91 Å². The van der Waals surface area contributed by atoms with Gasteiger partial charge in [-0.2, -0.15) is 4.31 Å². The van der Waals surface area contributed by atoms with Crippen molar-refractivity contribution in [3.8, 4) is 16.9 Å². The minimum Gasteiger partial charge on any atom is -0.491 e. The lowest BCUT2D eigenvalue weighted by atomic mass is 10.1. The van der Waals surface area contributed by atoms with E-state index in [0.717, 1.165) is 29.7 Å². The number of carbonyl (C=O) groups excluding carboxylic acids is 1. The number of carbonyl (C=O) groups is 1. The SMILES string of the molecule is O=C(NCCOc1ccccc1-c1ccccc1)c1cccc(S(=O)(=O)N2CCCC2)c1. The van der Waals surface area contributed by atoms with E-state index in [9.17, 15) is 13.2 Å². The Morgan fingerprint density at radius 2 is 1.62 bits per heavy atom. The summed E-state index contributed by atoms with van der Waals surface area (Å²) in [5, 5.41) is 2.80. The first-order valence-corrected chi connectivity index (χ1v) is 12.2. The molecule has 1 aliphatic heterocycles. The Kier molecular flexibility index (Phi) is 6.87. The third-order valence-corrected chi connectivity index (χ3v) is 7.31. The van der Waals surface area contributed by atoms with E-state index in [1.54, 1.807) is 12.1 Å². The molecule has 1 aliphatic rings. The molecule has 6 nitrogen and oxygen atoms in total. The van der Waals surface area contributed by atoms with E-state index in [-0.39, 0.29) is 10.8 Å². The molecule has 0 spiro atoms. The second kappa shape index (κ2) is 9.97. The average Bonchev–Trinajstić information content (AvgIpc) is 3.39. The van der Waals surface area contributed by atoms with Gasteiger partial charge < -0.3 is 10.1 Å². The van der Waals surface area contributed by atoms with Gasteiger partial charge in [0.2, 0.25) is 10.0 Å². The minimum absolute atomic E-state index is 0.153. The quantitative estimate of drug-likeness (QED) is 0.528. The summed E-state index contributed by atoms with van der Waals surface area (Å²) in [7, 11) is -3.56. The van der Waals surface area contributed by atoms with E-state index >= 15 is 0 Å². The molecule has 1 heterocycles. The molecule has 3 aromatic carbocycles. The normalized spacial score (nSPS) is 14.2.